The van der Waals surface area contributed by atoms with E-state index in [-0.39, 0.29) is 16.7 Å². The molecule has 1 saturated heterocycles. The quantitative estimate of drug-likeness (QED) is 0.278. The lowest BCUT2D eigenvalue weighted by Crippen LogP contribution is -2.29. The Morgan fingerprint density at radius 3 is 2.43 bits per heavy atom. The molecule has 35 heavy (non-hydrogen) atoms. The summed E-state index contributed by atoms with van der Waals surface area (Å²) in [5.74, 6) is -1.53. The fourth-order valence-electron chi connectivity index (χ4n) is 4.00. The summed E-state index contributed by atoms with van der Waals surface area (Å²) < 4.78 is 26.0. The van der Waals surface area contributed by atoms with Gasteiger partial charge in [0, 0.05) is 22.9 Å². The van der Waals surface area contributed by atoms with Crippen LogP contribution >= 0.6 is 0 Å². The number of aliphatic hydroxyl groups excluding tert-OH is 1. The van der Waals surface area contributed by atoms with Gasteiger partial charge in [0.05, 0.1) is 25.3 Å². The Kier molecular flexibility index (Phi) is 6.87. The van der Waals surface area contributed by atoms with Crippen molar-refractivity contribution in [3.05, 3.63) is 95.3 Å². The monoisotopic (exact) mass is 475 g/mol. The van der Waals surface area contributed by atoms with Crippen LogP contribution in [0.1, 0.15) is 31.0 Å². The zero-order valence-electron chi connectivity index (χ0n) is 19.7. The van der Waals surface area contributed by atoms with Crippen LogP contribution in [0.15, 0.2) is 78.4 Å². The maximum atomic E-state index is 15.0. The van der Waals surface area contributed by atoms with Gasteiger partial charge in [-0.3, -0.25) is 14.5 Å². The van der Waals surface area contributed by atoms with Gasteiger partial charge in [-0.2, -0.15) is 0 Å². The third-order valence-electron chi connectivity index (χ3n) is 5.67. The van der Waals surface area contributed by atoms with Crippen molar-refractivity contribution in [2.45, 2.75) is 19.9 Å². The Morgan fingerprint density at radius 2 is 1.71 bits per heavy atom. The first-order valence-electron chi connectivity index (χ1n) is 11.2. The number of ether oxygens (including phenoxy) is 2. The third-order valence-corrected chi connectivity index (χ3v) is 5.67. The summed E-state index contributed by atoms with van der Waals surface area (Å²) >= 11 is 0. The second kappa shape index (κ2) is 10.0. The summed E-state index contributed by atoms with van der Waals surface area (Å²) in [7, 11) is 1.48. The molecule has 1 aliphatic rings. The number of halogens is 1. The Bertz CT molecular complexity index is 1300. The van der Waals surface area contributed by atoms with Crippen molar-refractivity contribution in [1.82, 2.24) is 0 Å². The number of benzene rings is 3. The third kappa shape index (κ3) is 4.75. The molecule has 4 rings (SSSR count). The molecule has 0 aromatic heterocycles. The van der Waals surface area contributed by atoms with Crippen LogP contribution in [0, 0.1) is 11.7 Å². The number of methoxy groups -OCH3 is 1. The van der Waals surface area contributed by atoms with E-state index in [0.29, 0.717) is 29.7 Å². The minimum absolute atomic E-state index is 0.0864. The van der Waals surface area contributed by atoms with E-state index < -0.39 is 29.3 Å². The number of hydrogen-bond acceptors (Lipinski definition) is 5. The number of Topliss-reactive ketones (excluding diaryl/α,β-unsaturated/α-hetero) is 1. The minimum Gasteiger partial charge on any atom is -0.507 e. The molecule has 1 fully saturated rings. The smallest absolute Gasteiger partial charge is 0.300 e. The Morgan fingerprint density at radius 1 is 1.00 bits per heavy atom. The fourth-order valence-corrected chi connectivity index (χ4v) is 4.00. The molecular weight excluding hydrogens is 449 g/mol. The average Bonchev–Trinajstić information content (AvgIpc) is 3.12. The zero-order valence-corrected chi connectivity index (χ0v) is 19.7. The van der Waals surface area contributed by atoms with Crippen LogP contribution in [0.25, 0.3) is 5.76 Å². The summed E-state index contributed by atoms with van der Waals surface area (Å²) in [4.78, 5) is 27.7. The van der Waals surface area contributed by atoms with Crippen molar-refractivity contribution in [3.63, 3.8) is 0 Å². The van der Waals surface area contributed by atoms with E-state index in [9.17, 15) is 14.7 Å². The molecule has 0 saturated carbocycles. The summed E-state index contributed by atoms with van der Waals surface area (Å²) in [6, 6.07) is 17.9. The average molecular weight is 476 g/mol. The van der Waals surface area contributed by atoms with E-state index in [2.05, 4.69) is 0 Å². The van der Waals surface area contributed by atoms with Crippen molar-refractivity contribution >= 4 is 23.1 Å². The van der Waals surface area contributed by atoms with Crippen LogP contribution < -0.4 is 14.4 Å². The van der Waals surface area contributed by atoms with Gasteiger partial charge in [-0.05, 0) is 36.2 Å². The van der Waals surface area contributed by atoms with E-state index >= 15 is 4.39 Å². The van der Waals surface area contributed by atoms with Gasteiger partial charge in [0.2, 0.25) is 0 Å². The molecule has 1 atom stereocenters. The molecule has 3 aromatic carbocycles. The maximum Gasteiger partial charge on any atom is 0.300 e. The second-order valence-corrected chi connectivity index (χ2v) is 8.62. The Labute approximate surface area is 203 Å². The van der Waals surface area contributed by atoms with Gasteiger partial charge in [-0.15, -0.1) is 0 Å². The molecule has 180 valence electrons. The fraction of sp³-hybridized carbons (Fsp3) is 0.214. The number of amides is 1. The van der Waals surface area contributed by atoms with Crippen molar-refractivity contribution in [2.75, 3.05) is 18.6 Å². The molecule has 7 heteroatoms. The number of ketones is 1. The SMILES string of the molecule is COc1cccc(N2C(=O)C(=O)/C(=C(/O)c3cccc(OCC(C)C)c3)C2c2ccccc2F)c1. The van der Waals surface area contributed by atoms with Gasteiger partial charge in [0.15, 0.2) is 0 Å². The summed E-state index contributed by atoms with van der Waals surface area (Å²) in [5.41, 5.74) is 0.510. The van der Waals surface area contributed by atoms with Gasteiger partial charge in [-0.25, -0.2) is 4.39 Å². The molecule has 0 aliphatic carbocycles. The number of hydrogen-bond donors (Lipinski definition) is 1. The lowest BCUT2D eigenvalue weighted by atomic mass is 9.94. The Hall–Kier alpha value is -4.13. The first kappa shape index (κ1) is 24.0. The van der Waals surface area contributed by atoms with E-state index in [4.69, 9.17) is 9.47 Å². The van der Waals surface area contributed by atoms with E-state index in [1.54, 1.807) is 54.6 Å². The van der Waals surface area contributed by atoms with Gasteiger partial charge in [0.1, 0.15) is 23.1 Å². The van der Waals surface area contributed by atoms with Crippen molar-refractivity contribution < 1.29 is 28.6 Å². The second-order valence-electron chi connectivity index (χ2n) is 8.62. The standard InChI is InChI=1S/C28H26FNO5/c1-17(2)16-35-21-11-6-8-18(14-21)26(31)24-25(22-12-4-5-13-23(22)29)30(28(33)27(24)32)19-9-7-10-20(15-19)34-3/h4-15,17,25,31H,16H2,1-3H3/b26-24+. The summed E-state index contributed by atoms with van der Waals surface area (Å²) in [5, 5.41) is 11.3. The number of rotatable bonds is 7. The normalized spacial score (nSPS) is 17.2. The van der Waals surface area contributed by atoms with E-state index in [1.165, 1.54) is 30.2 Å². The summed E-state index contributed by atoms with van der Waals surface area (Å²) in [6.45, 7) is 4.50. The minimum atomic E-state index is -1.18. The largest absolute Gasteiger partial charge is 0.507 e. The lowest BCUT2D eigenvalue weighted by molar-refractivity contribution is -0.132. The molecule has 0 bridgehead atoms. The number of nitrogens with zero attached hydrogens (tertiary/aromatic N) is 1. The molecule has 1 aliphatic heterocycles. The number of anilines is 1. The predicted octanol–water partition coefficient (Wildman–Crippen LogP) is 5.50. The van der Waals surface area contributed by atoms with Crippen LogP contribution in [0.3, 0.4) is 0 Å². The van der Waals surface area contributed by atoms with Crippen LogP contribution in [0.5, 0.6) is 11.5 Å². The van der Waals surface area contributed by atoms with Crippen LogP contribution in [0.2, 0.25) is 0 Å². The molecular formula is C28H26FNO5. The van der Waals surface area contributed by atoms with E-state index in [1.807, 2.05) is 13.8 Å². The molecule has 0 radical (unpaired) electrons. The van der Waals surface area contributed by atoms with Crippen molar-refractivity contribution in [3.8, 4) is 11.5 Å². The molecule has 6 nitrogen and oxygen atoms in total. The molecule has 1 N–H and O–H groups in total. The van der Waals surface area contributed by atoms with Crippen molar-refractivity contribution in [1.29, 1.82) is 0 Å². The van der Waals surface area contributed by atoms with E-state index in [0.717, 1.165) is 0 Å². The first-order chi connectivity index (χ1) is 16.8. The van der Waals surface area contributed by atoms with Crippen molar-refractivity contribution in [2.24, 2.45) is 5.92 Å². The molecule has 0 spiro atoms. The molecule has 1 heterocycles. The highest BCUT2D eigenvalue weighted by Crippen LogP contribution is 2.43. The topological polar surface area (TPSA) is 76.1 Å². The number of aliphatic hydroxyl groups is 1. The summed E-state index contributed by atoms with van der Waals surface area (Å²) in [6.07, 6.45) is 0. The van der Waals surface area contributed by atoms with Crippen LogP contribution in [-0.4, -0.2) is 30.5 Å². The number of carbonyl (C=O) groups is 2. The van der Waals surface area contributed by atoms with Crippen LogP contribution in [-0.2, 0) is 9.59 Å². The molecule has 3 aromatic rings. The highest BCUT2D eigenvalue weighted by atomic mass is 19.1. The zero-order chi connectivity index (χ0) is 25.1. The lowest BCUT2D eigenvalue weighted by Gasteiger charge is -2.26. The van der Waals surface area contributed by atoms with Gasteiger partial charge >= 0.3 is 0 Å². The number of carbonyl (C=O) groups excluding carboxylic acids is 2. The Balaban J connectivity index is 1.89. The van der Waals surface area contributed by atoms with Gasteiger partial charge < -0.3 is 14.6 Å². The predicted molar refractivity (Wildman–Crippen MR) is 131 cm³/mol. The van der Waals surface area contributed by atoms with Gasteiger partial charge in [0.25, 0.3) is 11.7 Å². The molecule has 1 unspecified atom stereocenters. The highest BCUT2D eigenvalue weighted by Gasteiger charge is 2.47. The van der Waals surface area contributed by atoms with Crippen LogP contribution in [0.4, 0.5) is 10.1 Å². The highest BCUT2D eigenvalue weighted by molar-refractivity contribution is 6.51. The van der Waals surface area contributed by atoms with Gasteiger partial charge in [-0.1, -0.05) is 50.2 Å². The maximum absolute atomic E-state index is 15.0. The molecule has 1 amide bonds. The first-order valence-corrected chi connectivity index (χ1v) is 11.2.